The van der Waals surface area contributed by atoms with Crippen molar-refractivity contribution in [1.29, 1.82) is 0 Å². The van der Waals surface area contributed by atoms with Crippen molar-refractivity contribution in [1.82, 2.24) is 5.32 Å². The Kier molecular flexibility index (Phi) is 6.87. The number of sulfonamides is 1. The van der Waals surface area contributed by atoms with Crippen LogP contribution in [0.2, 0.25) is 0 Å². The molecule has 1 atom stereocenters. The van der Waals surface area contributed by atoms with Crippen LogP contribution in [0.5, 0.6) is 5.75 Å². The van der Waals surface area contributed by atoms with Crippen LogP contribution in [0.15, 0.2) is 48.5 Å². The van der Waals surface area contributed by atoms with Crippen LogP contribution in [0.3, 0.4) is 0 Å². The number of carbonyl (C=O) groups excluding carboxylic acids is 1. The SMILES string of the molecule is C[C@@H]1Cc2ccccc2N1CCCNC(=O)COc1ccc(N(C)S(C)(=O)=O)cc1. The van der Waals surface area contributed by atoms with Gasteiger partial charge in [-0.3, -0.25) is 9.10 Å². The number of anilines is 2. The second-order valence-electron chi connectivity index (χ2n) is 7.59. The Bertz CT molecular complexity index is 976. The van der Waals surface area contributed by atoms with E-state index in [0.717, 1.165) is 25.6 Å². The summed E-state index contributed by atoms with van der Waals surface area (Å²) >= 11 is 0. The molecule has 3 rings (SSSR count). The molecule has 0 radical (unpaired) electrons. The van der Waals surface area contributed by atoms with Gasteiger partial charge < -0.3 is 15.0 Å². The average Bonchev–Trinajstić information content (AvgIpc) is 3.04. The molecule has 0 aromatic heterocycles. The summed E-state index contributed by atoms with van der Waals surface area (Å²) < 4.78 is 29.8. The van der Waals surface area contributed by atoms with E-state index in [1.54, 1.807) is 24.3 Å². The van der Waals surface area contributed by atoms with E-state index in [2.05, 4.69) is 41.4 Å². The highest BCUT2D eigenvalue weighted by Crippen LogP contribution is 2.31. The predicted octanol–water partition coefficient (Wildman–Crippen LogP) is 2.42. The number of ether oxygens (including phenoxy) is 1. The minimum atomic E-state index is -3.31. The molecule has 1 aliphatic heterocycles. The summed E-state index contributed by atoms with van der Waals surface area (Å²) in [6.45, 7) is 3.63. The first-order valence-corrected chi connectivity index (χ1v) is 11.9. The van der Waals surface area contributed by atoms with Gasteiger partial charge in [0.05, 0.1) is 11.9 Å². The number of benzene rings is 2. The van der Waals surface area contributed by atoms with Gasteiger partial charge in [-0.25, -0.2) is 8.42 Å². The van der Waals surface area contributed by atoms with E-state index in [1.807, 2.05) is 0 Å². The molecule has 2 aromatic carbocycles. The van der Waals surface area contributed by atoms with Gasteiger partial charge in [0, 0.05) is 31.9 Å². The number of rotatable bonds is 9. The third kappa shape index (κ3) is 5.44. The molecular weight excluding hydrogens is 402 g/mol. The van der Waals surface area contributed by atoms with Crippen LogP contribution >= 0.6 is 0 Å². The lowest BCUT2D eigenvalue weighted by Crippen LogP contribution is -2.34. The monoisotopic (exact) mass is 431 g/mol. The molecule has 1 N–H and O–H groups in total. The summed E-state index contributed by atoms with van der Waals surface area (Å²) in [5.41, 5.74) is 3.22. The summed E-state index contributed by atoms with van der Waals surface area (Å²) in [5.74, 6) is 0.334. The van der Waals surface area contributed by atoms with Gasteiger partial charge in [0.2, 0.25) is 10.0 Å². The van der Waals surface area contributed by atoms with Crippen molar-refractivity contribution in [3.63, 3.8) is 0 Å². The number of para-hydroxylation sites is 1. The van der Waals surface area contributed by atoms with Crippen molar-refractivity contribution >= 4 is 27.3 Å². The maximum Gasteiger partial charge on any atom is 0.257 e. The van der Waals surface area contributed by atoms with Crippen LogP contribution < -0.4 is 19.3 Å². The summed E-state index contributed by atoms with van der Waals surface area (Å²) in [5, 5.41) is 2.89. The third-order valence-electron chi connectivity index (χ3n) is 5.31. The van der Waals surface area contributed by atoms with Gasteiger partial charge in [0.15, 0.2) is 6.61 Å². The number of fused-ring (bicyclic) bond motifs is 1. The zero-order valence-corrected chi connectivity index (χ0v) is 18.5. The number of amides is 1. The minimum absolute atomic E-state index is 0.0792. The Hall–Kier alpha value is -2.74. The molecule has 1 amide bonds. The van der Waals surface area contributed by atoms with E-state index in [4.69, 9.17) is 4.74 Å². The molecule has 162 valence electrons. The molecule has 1 heterocycles. The molecule has 0 spiro atoms. The first-order chi connectivity index (χ1) is 14.3. The first kappa shape index (κ1) is 22.0. The predicted molar refractivity (Wildman–Crippen MR) is 120 cm³/mol. The fourth-order valence-corrected chi connectivity index (χ4v) is 4.10. The van der Waals surface area contributed by atoms with Crippen molar-refractivity contribution in [3.8, 4) is 5.75 Å². The number of hydrogen-bond acceptors (Lipinski definition) is 5. The lowest BCUT2D eigenvalue weighted by atomic mass is 10.1. The number of hydrogen-bond donors (Lipinski definition) is 1. The summed E-state index contributed by atoms with van der Waals surface area (Å²) in [7, 11) is -1.82. The molecule has 0 saturated carbocycles. The van der Waals surface area contributed by atoms with Gasteiger partial charge in [0.25, 0.3) is 5.91 Å². The van der Waals surface area contributed by atoms with Gasteiger partial charge in [0.1, 0.15) is 5.75 Å². The Balaban J connectivity index is 1.38. The van der Waals surface area contributed by atoms with Crippen LogP contribution in [0.4, 0.5) is 11.4 Å². The lowest BCUT2D eigenvalue weighted by molar-refractivity contribution is -0.123. The van der Waals surface area contributed by atoms with Crippen molar-refractivity contribution in [2.45, 2.75) is 25.8 Å². The Morgan fingerprint density at radius 3 is 2.60 bits per heavy atom. The largest absolute Gasteiger partial charge is 0.484 e. The van der Waals surface area contributed by atoms with E-state index < -0.39 is 10.0 Å². The smallest absolute Gasteiger partial charge is 0.257 e. The van der Waals surface area contributed by atoms with Crippen molar-refractivity contribution in [3.05, 3.63) is 54.1 Å². The van der Waals surface area contributed by atoms with E-state index in [-0.39, 0.29) is 12.5 Å². The molecule has 30 heavy (non-hydrogen) atoms. The zero-order chi connectivity index (χ0) is 21.7. The molecule has 0 fully saturated rings. The average molecular weight is 432 g/mol. The van der Waals surface area contributed by atoms with Crippen molar-refractivity contribution < 1.29 is 17.9 Å². The fraction of sp³-hybridized carbons (Fsp3) is 0.409. The van der Waals surface area contributed by atoms with Crippen LogP contribution in [0.25, 0.3) is 0 Å². The Morgan fingerprint density at radius 2 is 1.90 bits per heavy atom. The molecule has 0 unspecified atom stereocenters. The van der Waals surface area contributed by atoms with Gasteiger partial charge in [-0.1, -0.05) is 18.2 Å². The fourth-order valence-electron chi connectivity index (χ4n) is 3.59. The van der Waals surface area contributed by atoms with Crippen molar-refractivity contribution in [2.24, 2.45) is 0 Å². The quantitative estimate of drug-likeness (QED) is 0.617. The number of nitrogens with zero attached hydrogens (tertiary/aromatic N) is 2. The topological polar surface area (TPSA) is 79.0 Å². The molecule has 8 heteroatoms. The van der Waals surface area contributed by atoms with Crippen molar-refractivity contribution in [2.75, 3.05) is 42.2 Å². The highest BCUT2D eigenvalue weighted by Gasteiger charge is 2.24. The maximum absolute atomic E-state index is 12.0. The molecule has 0 saturated heterocycles. The van der Waals surface area contributed by atoms with E-state index in [1.165, 1.54) is 22.6 Å². The van der Waals surface area contributed by atoms with Crippen LogP contribution in [0, 0.1) is 0 Å². The van der Waals surface area contributed by atoms with Gasteiger partial charge in [-0.2, -0.15) is 0 Å². The van der Waals surface area contributed by atoms with E-state index in [0.29, 0.717) is 24.0 Å². The van der Waals surface area contributed by atoms with E-state index in [9.17, 15) is 13.2 Å². The van der Waals surface area contributed by atoms with Crippen LogP contribution in [-0.2, 0) is 21.2 Å². The third-order valence-corrected chi connectivity index (χ3v) is 6.52. The number of carbonyl (C=O) groups is 1. The zero-order valence-electron chi connectivity index (χ0n) is 17.7. The second kappa shape index (κ2) is 9.38. The van der Waals surface area contributed by atoms with Crippen LogP contribution in [0.1, 0.15) is 18.9 Å². The molecular formula is C22H29N3O4S. The van der Waals surface area contributed by atoms with Crippen LogP contribution in [-0.4, -0.2) is 53.4 Å². The molecule has 7 nitrogen and oxygen atoms in total. The lowest BCUT2D eigenvalue weighted by Gasteiger charge is -2.24. The molecule has 2 aromatic rings. The molecule has 0 bridgehead atoms. The minimum Gasteiger partial charge on any atom is -0.484 e. The second-order valence-corrected chi connectivity index (χ2v) is 9.61. The standard InChI is InChI=1S/C22H29N3O4S/c1-17-15-18-7-4-5-8-21(18)25(17)14-6-13-23-22(26)16-29-20-11-9-19(10-12-20)24(2)30(3,27)28/h4-5,7-12,17H,6,13-16H2,1-3H3,(H,23,26)/t17-/m1/s1. The summed E-state index contributed by atoms with van der Waals surface area (Å²) in [6, 6.07) is 15.5. The maximum atomic E-state index is 12.0. The van der Waals surface area contributed by atoms with Gasteiger partial charge in [-0.15, -0.1) is 0 Å². The Morgan fingerprint density at radius 1 is 1.20 bits per heavy atom. The highest BCUT2D eigenvalue weighted by molar-refractivity contribution is 7.92. The molecule has 0 aliphatic carbocycles. The first-order valence-electron chi connectivity index (χ1n) is 10.0. The van der Waals surface area contributed by atoms with E-state index >= 15 is 0 Å². The summed E-state index contributed by atoms with van der Waals surface area (Å²) in [6.07, 6.45) is 3.07. The molecule has 1 aliphatic rings. The number of nitrogens with one attached hydrogen (secondary N) is 1. The normalized spacial score (nSPS) is 15.6. The highest BCUT2D eigenvalue weighted by atomic mass is 32.2. The Labute approximate surface area is 178 Å². The van der Waals surface area contributed by atoms with Gasteiger partial charge in [-0.05, 0) is 55.7 Å². The summed E-state index contributed by atoms with van der Waals surface area (Å²) in [4.78, 5) is 14.4. The van der Waals surface area contributed by atoms with Gasteiger partial charge >= 0.3 is 0 Å².